The molecule has 6 heteroatoms. The first-order chi connectivity index (χ1) is 13.5. The van der Waals surface area contributed by atoms with Crippen LogP contribution in [0.25, 0.3) is 0 Å². The standard InChI is InChI=1S/C22H24N4O2/c1-15-9-16(2)11-18(10-15)26-21-13-20(24-14-25-21)22(27)23-8-7-17-5-4-6-19(12-17)28-3/h4-6,9-14H,7-8H2,1-3H3,(H,23,27)(H,24,25,26). The number of aromatic nitrogens is 2. The van der Waals surface area contributed by atoms with Gasteiger partial charge in [0.15, 0.2) is 0 Å². The minimum absolute atomic E-state index is 0.228. The number of benzene rings is 2. The van der Waals surface area contributed by atoms with E-state index in [0.717, 1.165) is 28.1 Å². The molecule has 0 saturated heterocycles. The summed E-state index contributed by atoms with van der Waals surface area (Å²) in [7, 11) is 1.64. The highest BCUT2D eigenvalue weighted by Crippen LogP contribution is 2.18. The third-order valence-electron chi connectivity index (χ3n) is 4.23. The van der Waals surface area contributed by atoms with E-state index in [2.05, 4.69) is 26.7 Å². The van der Waals surface area contributed by atoms with Gasteiger partial charge >= 0.3 is 0 Å². The van der Waals surface area contributed by atoms with Crippen molar-refractivity contribution >= 4 is 17.4 Å². The number of hydrogen-bond donors (Lipinski definition) is 2. The first-order valence-electron chi connectivity index (χ1n) is 9.12. The van der Waals surface area contributed by atoms with E-state index < -0.39 is 0 Å². The summed E-state index contributed by atoms with van der Waals surface area (Å²) in [6, 6.07) is 15.6. The van der Waals surface area contributed by atoms with E-state index in [4.69, 9.17) is 4.74 Å². The highest BCUT2D eigenvalue weighted by molar-refractivity contribution is 5.92. The molecule has 0 fully saturated rings. The topological polar surface area (TPSA) is 76.1 Å². The molecule has 0 radical (unpaired) electrons. The average Bonchev–Trinajstić information content (AvgIpc) is 2.67. The quantitative estimate of drug-likeness (QED) is 0.656. The molecule has 0 unspecified atom stereocenters. The van der Waals surface area contributed by atoms with Gasteiger partial charge in [0.1, 0.15) is 23.6 Å². The van der Waals surface area contributed by atoms with Gasteiger partial charge in [0.25, 0.3) is 5.91 Å². The molecule has 0 aliphatic rings. The predicted molar refractivity (Wildman–Crippen MR) is 110 cm³/mol. The Morgan fingerprint density at radius 3 is 2.57 bits per heavy atom. The Balaban J connectivity index is 1.60. The van der Waals surface area contributed by atoms with Crippen LogP contribution >= 0.6 is 0 Å². The van der Waals surface area contributed by atoms with E-state index in [1.807, 2.05) is 50.2 Å². The zero-order valence-electron chi connectivity index (χ0n) is 16.3. The van der Waals surface area contributed by atoms with Crippen molar-refractivity contribution in [3.05, 3.63) is 77.2 Å². The number of carbonyl (C=O) groups excluding carboxylic acids is 1. The van der Waals surface area contributed by atoms with Crippen molar-refractivity contribution in [1.29, 1.82) is 0 Å². The fourth-order valence-electron chi connectivity index (χ4n) is 2.98. The van der Waals surface area contributed by atoms with Gasteiger partial charge in [-0.3, -0.25) is 4.79 Å². The lowest BCUT2D eigenvalue weighted by Crippen LogP contribution is -2.26. The van der Waals surface area contributed by atoms with Gasteiger partial charge < -0.3 is 15.4 Å². The molecule has 3 aromatic rings. The van der Waals surface area contributed by atoms with Crippen molar-refractivity contribution < 1.29 is 9.53 Å². The van der Waals surface area contributed by atoms with Crippen LogP contribution in [0.5, 0.6) is 5.75 Å². The maximum atomic E-state index is 12.4. The second kappa shape index (κ2) is 8.99. The number of nitrogens with one attached hydrogen (secondary N) is 2. The molecule has 144 valence electrons. The van der Waals surface area contributed by atoms with E-state index in [1.165, 1.54) is 6.33 Å². The fraction of sp³-hybridized carbons (Fsp3) is 0.227. The Bertz CT molecular complexity index is 952. The Hall–Kier alpha value is -3.41. The normalized spacial score (nSPS) is 10.4. The van der Waals surface area contributed by atoms with E-state index in [-0.39, 0.29) is 5.91 Å². The van der Waals surface area contributed by atoms with Gasteiger partial charge in [0.2, 0.25) is 0 Å². The third-order valence-corrected chi connectivity index (χ3v) is 4.23. The summed E-state index contributed by atoms with van der Waals surface area (Å²) in [5.41, 5.74) is 4.67. The molecule has 28 heavy (non-hydrogen) atoms. The van der Waals surface area contributed by atoms with Crippen molar-refractivity contribution in [3.63, 3.8) is 0 Å². The minimum atomic E-state index is -0.228. The molecule has 6 nitrogen and oxygen atoms in total. The second-order valence-electron chi connectivity index (χ2n) is 6.65. The molecule has 1 heterocycles. The smallest absolute Gasteiger partial charge is 0.270 e. The van der Waals surface area contributed by atoms with Crippen molar-refractivity contribution in [2.75, 3.05) is 19.0 Å². The lowest BCUT2D eigenvalue weighted by molar-refractivity contribution is 0.0949. The number of nitrogens with zero attached hydrogens (tertiary/aromatic N) is 2. The van der Waals surface area contributed by atoms with Gasteiger partial charge in [-0.05, 0) is 61.2 Å². The maximum absolute atomic E-state index is 12.4. The maximum Gasteiger partial charge on any atom is 0.270 e. The number of rotatable bonds is 7. The number of methoxy groups -OCH3 is 1. The van der Waals surface area contributed by atoms with Gasteiger partial charge in [0.05, 0.1) is 7.11 Å². The van der Waals surface area contributed by atoms with Gasteiger partial charge in [-0.25, -0.2) is 9.97 Å². The van der Waals surface area contributed by atoms with Crippen LogP contribution in [-0.2, 0) is 6.42 Å². The molecular formula is C22H24N4O2. The summed E-state index contributed by atoms with van der Waals surface area (Å²) in [5, 5.41) is 6.13. The molecule has 0 spiro atoms. The lowest BCUT2D eigenvalue weighted by Gasteiger charge is -2.09. The van der Waals surface area contributed by atoms with Gasteiger partial charge in [-0.2, -0.15) is 0 Å². The lowest BCUT2D eigenvalue weighted by atomic mass is 10.1. The Morgan fingerprint density at radius 2 is 1.82 bits per heavy atom. The van der Waals surface area contributed by atoms with Crippen LogP contribution in [0.4, 0.5) is 11.5 Å². The largest absolute Gasteiger partial charge is 0.497 e. The van der Waals surface area contributed by atoms with E-state index >= 15 is 0 Å². The zero-order valence-corrected chi connectivity index (χ0v) is 16.3. The summed E-state index contributed by atoms with van der Waals surface area (Å²) >= 11 is 0. The predicted octanol–water partition coefficient (Wildman–Crippen LogP) is 3.82. The summed E-state index contributed by atoms with van der Waals surface area (Å²) in [5.74, 6) is 1.16. The molecule has 0 bridgehead atoms. The number of anilines is 2. The van der Waals surface area contributed by atoms with E-state index in [0.29, 0.717) is 24.5 Å². The Kier molecular flexibility index (Phi) is 6.22. The van der Waals surface area contributed by atoms with Crippen molar-refractivity contribution in [2.45, 2.75) is 20.3 Å². The molecular weight excluding hydrogens is 352 g/mol. The third kappa shape index (κ3) is 5.30. The average molecular weight is 376 g/mol. The summed E-state index contributed by atoms with van der Waals surface area (Å²) in [4.78, 5) is 20.7. The SMILES string of the molecule is COc1cccc(CCNC(=O)c2cc(Nc3cc(C)cc(C)c3)ncn2)c1. The van der Waals surface area contributed by atoms with E-state index in [9.17, 15) is 4.79 Å². The Labute approximate surface area is 165 Å². The first kappa shape index (κ1) is 19.4. The molecule has 2 N–H and O–H groups in total. The number of aryl methyl sites for hydroxylation is 2. The highest BCUT2D eigenvalue weighted by Gasteiger charge is 2.09. The highest BCUT2D eigenvalue weighted by atomic mass is 16.5. The fourth-order valence-corrected chi connectivity index (χ4v) is 2.98. The van der Waals surface area contributed by atoms with Crippen LogP contribution in [0, 0.1) is 13.8 Å². The minimum Gasteiger partial charge on any atom is -0.497 e. The monoisotopic (exact) mass is 376 g/mol. The van der Waals surface area contributed by atoms with Gasteiger partial charge in [-0.15, -0.1) is 0 Å². The molecule has 0 aliphatic heterocycles. The summed E-state index contributed by atoms with van der Waals surface area (Å²) in [6.07, 6.45) is 2.10. The zero-order chi connectivity index (χ0) is 19.9. The van der Waals surface area contributed by atoms with Crippen LogP contribution in [0.3, 0.4) is 0 Å². The first-order valence-corrected chi connectivity index (χ1v) is 9.12. The van der Waals surface area contributed by atoms with Crippen molar-refractivity contribution in [3.8, 4) is 5.75 Å². The summed E-state index contributed by atoms with van der Waals surface area (Å²) < 4.78 is 5.22. The molecule has 2 aromatic carbocycles. The second-order valence-corrected chi connectivity index (χ2v) is 6.65. The molecule has 3 rings (SSSR count). The Morgan fingerprint density at radius 1 is 1.04 bits per heavy atom. The van der Waals surface area contributed by atoms with Crippen molar-refractivity contribution in [2.24, 2.45) is 0 Å². The molecule has 0 aliphatic carbocycles. The van der Waals surface area contributed by atoms with Crippen LogP contribution in [0.15, 0.2) is 54.9 Å². The number of carbonyl (C=O) groups is 1. The van der Waals surface area contributed by atoms with Crippen LogP contribution < -0.4 is 15.4 Å². The van der Waals surface area contributed by atoms with Crippen molar-refractivity contribution in [1.82, 2.24) is 15.3 Å². The van der Waals surface area contributed by atoms with Crippen LogP contribution in [0.2, 0.25) is 0 Å². The summed E-state index contributed by atoms with van der Waals surface area (Å²) in [6.45, 7) is 4.59. The van der Waals surface area contributed by atoms with Crippen LogP contribution in [0.1, 0.15) is 27.2 Å². The number of ether oxygens (including phenoxy) is 1. The molecule has 0 saturated carbocycles. The molecule has 1 aromatic heterocycles. The van der Waals surface area contributed by atoms with Gasteiger partial charge in [-0.1, -0.05) is 18.2 Å². The number of amides is 1. The van der Waals surface area contributed by atoms with Gasteiger partial charge in [0, 0.05) is 18.3 Å². The van der Waals surface area contributed by atoms with E-state index in [1.54, 1.807) is 13.2 Å². The molecule has 1 amide bonds. The molecule has 0 atom stereocenters. The van der Waals surface area contributed by atoms with Crippen LogP contribution in [-0.4, -0.2) is 29.5 Å². The number of hydrogen-bond acceptors (Lipinski definition) is 5.